The van der Waals surface area contributed by atoms with Gasteiger partial charge in [0.2, 0.25) is 10.0 Å². The number of nitrogen functional groups attached to an aromatic ring is 1. The Kier molecular flexibility index (Phi) is 4.98. The summed E-state index contributed by atoms with van der Waals surface area (Å²) >= 11 is 0. The molecule has 0 amide bonds. The van der Waals surface area contributed by atoms with Crippen molar-refractivity contribution >= 4 is 15.7 Å². The van der Waals surface area contributed by atoms with Gasteiger partial charge < -0.3 is 5.73 Å². The molecule has 0 saturated heterocycles. The largest absolute Gasteiger partial charge is 0.398 e. The first-order chi connectivity index (χ1) is 8.66. The lowest BCUT2D eigenvalue weighted by Crippen LogP contribution is -2.27. The Morgan fingerprint density at radius 1 is 1.21 bits per heavy atom. The van der Waals surface area contributed by atoms with Crippen molar-refractivity contribution in [1.29, 1.82) is 0 Å². The molecule has 1 aromatic carbocycles. The van der Waals surface area contributed by atoms with Crippen LogP contribution in [0.5, 0.6) is 0 Å². The zero-order valence-corrected chi connectivity index (χ0v) is 13.2. The monoisotopic (exact) mass is 284 g/mol. The summed E-state index contributed by atoms with van der Waals surface area (Å²) in [5.41, 5.74) is 8.77. The molecule has 19 heavy (non-hydrogen) atoms. The second-order valence-electron chi connectivity index (χ2n) is 5.46. The van der Waals surface area contributed by atoms with E-state index in [4.69, 9.17) is 5.73 Å². The number of aryl methyl sites for hydroxylation is 2. The molecule has 0 aliphatic heterocycles. The van der Waals surface area contributed by atoms with Crippen LogP contribution in [0.4, 0.5) is 5.69 Å². The van der Waals surface area contributed by atoms with Crippen LogP contribution in [-0.4, -0.2) is 15.0 Å². The normalized spacial score (nSPS) is 12.1. The van der Waals surface area contributed by atoms with Gasteiger partial charge in [0.1, 0.15) is 0 Å². The highest BCUT2D eigenvalue weighted by atomic mass is 32.2. The molecule has 0 spiro atoms. The summed E-state index contributed by atoms with van der Waals surface area (Å²) in [7, 11) is -3.49. The van der Waals surface area contributed by atoms with E-state index in [0.29, 0.717) is 28.6 Å². The highest BCUT2D eigenvalue weighted by Crippen LogP contribution is 2.27. The van der Waals surface area contributed by atoms with Crippen molar-refractivity contribution in [3.05, 3.63) is 22.8 Å². The minimum Gasteiger partial charge on any atom is -0.398 e. The molecule has 5 heteroatoms. The third-order valence-corrected chi connectivity index (χ3v) is 4.99. The number of sulfonamides is 1. The fourth-order valence-electron chi connectivity index (χ4n) is 2.15. The maximum atomic E-state index is 12.4. The van der Waals surface area contributed by atoms with Gasteiger partial charge in [-0.3, -0.25) is 0 Å². The van der Waals surface area contributed by atoms with Crippen molar-refractivity contribution in [2.75, 3.05) is 12.3 Å². The number of benzene rings is 1. The third-order valence-electron chi connectivity index (χ3n) is 3.24. The van der Waals surface area contributed by atoms with Gasteiger partial charge in [-0.1, -0.05) is 19.9 Å². The van der Waals surface area contributed by atoms with Crippen LogP contribution in [0.3, 0.4) is 0 Å². The number of rotatable bonds is 5. The maximum absolute atomic E-state index is 12.4. The van der Waals surface area contributed by atoms with Gasteiger partial charge in [0.25, 0.3) is 0 Å². The first-order valence-corrected chi connectivity index (χ1v) is 8.01. The lowest BCUT2D eigenvalue weighted by atomic mass is 10.1. The van der Waals surface area contributed by atoms with E-state index >= 15 is 0 Å². The molecule has 4 nitrogen and oxygen atoms in total. The molecule has 0 aromatic heterocycles. The Hall–Kier alpha value is -1.07. The van der Waals surface area contributed by atoms with Crippen LogP contribution < -0.4 is 10.5 Å². The SMILES string of the molecule is Cc1cc(C)c(S(=O)(=O)NCCC(C)C)c(C)c1N. The average Bonchev–Trinajstić information content (AvgIpc) is 2.24. The molecule has 0 bridgehead atoms. The number of hydrogen-bond acceptors (Lipinski definition) is 3. The zero-order chi connectivity index (χ0) is 14.8. The van der Waals surface area contributed by atoms with Crippen molar-refractivity contribution < 1.29 is 8.42 Å². The van der Waals surface area contributed by atoms with Crippen LogP contribution in [-0.2, 0) is 10.0 Å². The van der Waals surface area contributed by atoms with E-state index in [1.165, 1.54) is 0 Å². The molecular weight excluding hydrogens is 260 g/mol. The lowest BCUT2D eigenvalue weighted by Gasteiger charge is -2.16. The highest BCUT2D eigenvalue weighted by Gasteiger charge is 2.21. The van der Waals surface area contributed by atoms with Gasteiger partial charge in [0, 0.05) is 12.2 Å². The summed E-state index contributed by atoms with van der Waals surface area (Å²) in [5, 5.41) is 0. The number of nitrogens with one attached hydrogen (secondary N) is 1. The Bertz CT molecular complexity index is 563. The minimum atomic E-state index is -3.49. The van der Waals surface area contributed by atoms with Crippen LogP contribution in [0.15, 0.2) is 11.0 Å². The lowest BCUT2D eigenvalue weighted by molar-refractivity contribution is 0.551. The first-order valence-electron chi connectivity index (χ1n) is 6.52. The van der Waals surface area contributed by atoms with Crippen molar-refractivity contribution in [3.63, 3.8) is 0 Å². The Balaban J connectivity index is 3.12. The smallest absolute Gasteiger partial charge is 0.241 e. The van der Waals surface area contributed by atoms with Crippen LogP contribution in [0, 0.1) is 26.7 Å². The topological polar surface area (TPSA) is 72.2 Å². The maximum Gasteiger partial charge on any atom is 0.241 e. The quantitative estimate of drug-likeness (QED) is 0.816. The van der Waals surface area contributed by atoms with Gasteiger partial charge in [-0.2, -0.15) is 0 Å². The number of anilines is 1. The molecule has 0 fully saturated rings. The zero-order valence-electron chi connectivity index (χ0n) is 12.4. The summed E-state index contributed by atoms with van der Waals surface area (Å²) in [4.78, 5) is 0.319. The van der Waals surface area contributed by atoms with Gasteiger partial charge >= 0.3 is 0 Å². The predicted molar refractivity (Wildman–Crippen MR) is 79.7 cm³/mol. The van der Waals surface area contributed by atoms with Crippen LogP contribution in [0.25, 0.3) is 0 Å². The minimum absolute atomic E-state index is 0.319. The van der Waals surface area contributed by atoms with E-state index in [1.54, 1.807) is 13.8 Å². The molecule has 3 N–H and O–H groups in total. The molecule has 108 valence electrons. The highest BCUT2D eigenvalue weighted by molar-refractivity contribution is 7.89. The Morgan fingerprint density at radius 2 is 1.79 bits per heavy atom. The molecule has 1 rings (SSSR count). The molecule has 1 aromatic rings. The molecule has 0 aliphatic rings. The molecule has 0 saturated carbocycles. The predicted octanol–water partition coefficient (Wildman–Crippen LogP) is 2.52. The summed E-state index contributed by atoms with van der Waals surface area (Å²) in [6.45, 7) is 10.0. The van der Waals surface area contributed by atoms with Gasteiger partial charge in [0.05, 0.1) is 4.90 Å². The van der Waals surface area contributed by atoms with Crippen molar-refractivity contribution in [2.24, 2.45) is 5.92 Å². The Morgan fingerprint density at radius 3 is 2.32 bits per heavy atom. The van der Waals surface area contributed by atoms with Gasteiger partial charge in [-0.05, 0) is 49.8 Å². The second kappa shape index (κ2) is 5.92. The summed E-state index contributed by atoms with van der Waals surface area (Å²) in [6.07, 6.45) is 0.818. The van der Waals surface area contributed by atoms with Crippen LogP contribution in [0.2, 0.25) is 0 Å². The summed E-state index contributed by atoms with van der Waals surface area (Å²) in [6, 6.07) is 1.82. The van der Waals surface area contributed by atoms with E-state index in [9.17, 15) is 8.42 Å². The van der Waals surface area contributed by atoms with E-state index in [0.717, 1.165) is 17.5 Å². The molecular formula is C14H24N2O2S. The van der Waals surface area contributed by atoms with Crippen LogP contribution >= 0.6 is 0 Å². The molecule has 0 heterocycles. The fraction of sp³-hybridized carbons (Fsp3) is 0.571. The van der Waals surface area contributed by atoms with E-state index in [-0.39, 0.29) is 0 Å². The number of nitrogens with two attached hydrogens (primary N) is 1. The van der Waals surface area contributed by atoms with E-state index in [1.807, 2.05) is 13.0 Å². The van der Waals surface area contributed by atoms with E-state index in [2.05, 4.69) is 18.6 Å². The number of hydrogen-bond donors (Lipinski definition) is 2. The third kappa shape index (κ3) is 3.70. The van der Waals surface area contributed by atoms with Crippen molar-refractivity contribution in [2.45, 2.75) is 45.9 Å². The molecule has 0 unspecified atom stereocenters. The molecule has 0 radical (unpaired) electrons. The van der Waals surface area contributed by atoms with Gasteiger partial charge in [0.15, 0.2) is 0 Å². The van der Waals surface area contributed by atoms with Crippen LogP contribution in [0.1, 0.15) is 37.0 Å². The van der Waals surface area contributed by atoms with Crippen molar-refractivity contribution in [3.8, 4) is 0 Å². The Labute approximate surface area is 116 Å². The van der Waals surface area contributed by atoms with Gasteiger partial charge in [-0.15, -0.1) is 0 Å². The summed E-state index contributed by atoms with van der Waals surface area (Å²) in [5.74, 6) is 0.466. The fourth-order valence-corrected chi connectivity index (χ4v) is 3.68. The standard InChI is InChI=1S/C14H24N2O2S/c1-9(2)6-7-16-19(17,18)14-11(4)8-10(3)13(15)12(14)5/h8-9,16H,6-7,15H2,1-5H3. The average molecular weight is 284 g/mol. The first kappa shape index (κ1) is 16.0. The molecule has 0 aliphatic carbocycles. The second-order valence-corrected chi connectivity index (χ2v) is 7.16. The van der Waals surface area contributed by atoms with E-state index < -0.39 is 10.0 Å². The van der Waals surface area contributed by atoms with Crippen molar-refractivity contribution in [1.82, 2.24) is 4.72 Å². The summed E-state index contributed by atoms with van der Waals surface area (Å²) < 4.78 is 27.4. The molecule has 0 atom stereocenters. The van der Waals surface area contributed by atoms with Gasteiger partial charge in [-0.25, -0.2) is 13.1 Å².